The molecule has 41 heavy (non-hydrogen) atoms. The van der Waals surface area contributed by atoms with Crippen LogP contribution in [0.1, 0.15) is 44.7 Å². The van der Waals surface area contributed by atoms with Gasteiger partial charge in [0.05, 0.1) is 25.5 Å². The molecule has 220 valence electrons. The number of hydrogen-bond acceptors (Lipinski definition) is 9. The molecule has 0 aliphatic carbocycles. The van der Waals surface area contributed by atoms with E-state index in [9.17, 15) is 14.4 Å². The second kappa shape index (κ2) is 13.9. The van der Waals surface area contributed by atoms with E-state index < -0.39 is 18.1 Å². The molecule has 0 bridgehead atoms. The lowest BCUT2D eigenvalue weighted by molar-refractivity contribution is -0.145. The van der Waals surface area contributed by atoms with Gasteiger partial charge in [0, 0.05) is 31.3 Å². The summed E-state index contributed by atoms with van der Waals surface area (Å²) in [6, 6.07) is 13.1. The summed E-state index contributed by atoms with van der Waals surface area (Å²) in [4.78, 5) is 45.3. The molecule has 0 saturated heterocycles. The lowest BCUT2D eigenvalue weighted by Gasteiger charge is -2.36. The fourth-order valence-corrected chi connectivity index (χ4v) is 4.92. The largest absolute Gasteiger partial charge is 0.493 e. The second-order valence-electron chi connectivity index (χ2n) is 10.5. The minimum Gasteiger partial charge on any atom is -0.493 e. The number of fused-ring (bicyclic) bond motifs is 2. The van der Waals surface area contributed by atoms with Gasteiger partial charge in [-0.05, 0) is 48.9 Å². The van der Waals surface area contributed by atoms with Gasteiger partial charge in [-0.25, -0.2) is 9.79 Å². The third-order valence-corrected chi connectivity index (χ3v) is 6.84. The Balaban J connectivity index is 1.44. The predicted octanol–water partition coefficient (Wildman–Crippen LogP) is 3.51. The number of hydrogen-bond donors (Lipinski definition) is 2. The number of primary amides is 1. The highest BCUT2D eigenvalue weighted by Crippen LogP contribution is 2.31. The Bertz CT molecular complexity index is 1280. The van der Waals surface area contributed by atoms with Gasteiger partial charge in [0.2, 0.25) is 11.9 Å². The van der Waals surface area contributed by atoms with Crippen LogP contribution in [-0.4, -0.2) is 67.8 Å². The number of amides is 2. The predicted molar refractivity (Wildman–Crippen MR) is 155 cm³/mol. The molecule has 2 aliphatic rings. The minimum absolute atomic E-state index is 0.0796. The van der Waals surface area contributed by atoms with Crippen molar-refractivity contribution in [2.45, 2.75) is 52.6 Å². The van der Waals surface area contributed by atoms with Crippen LogP contribution in [0, 0.1) is 5.92 Å². The molecule has 0 saturated carbocycles. The number of anilines is 1. The minimum atomic E-state index is -0.667. The van der Waals surface area contributed by atoms with E-state index in [1.807, 2.05) is 44.2 Å². The summed E-state index contributed by atoms with van der Waals surface area (Å²) in [5, 5.41) is 2.62. The third kappa shape index (κ3) is 7.90. The summed E-state index contributed by atoms with van der Waals surface area (Å²) in [5.74, 6) is 0.157. The number of nitrogens with two attached hydrogens (primary N) is 1. The maximum Gasteiger partial charge on any atom is 0.413 e. The molecule has 2 heterocycles. The van der Waals surface area contributed by atoms with Crippen LogP contribution in [0.25, 0.3) is 0 Å². The van der Waals surface area contributed by atoms with E-state index in [-0.39, 0.29) is 37.5 Å². The first kappa shape index (κ1) is 29.7. The van der Waals surface area contributed by atoms with Gasteiger partial charge in [-0.3, -0.25) is 14.9 Å². The van der Waals surface area contributed by atoms with Crippen LogP contribution in [0.4, 0.5) is 16.2 Å². The van der Waals surface area contributed by atoms with Crippen LogP contribution in [0.15, 0.2) is 47.5 Å². The number of ether oxygens (including phenoxy) is 3. The number of nitrogens with zero attached hydrogens (tertiary/aromatic N) is 3. The van der Waals surface area contributed by atoms with E-state index in [1.165, 1.54) is 5.56 Å². The Kier molecular flexibility index (Phi) is 10.0. The van der Waals surface area contributed by atoms with Gasteiger partial charge in [-0.2, -0.15) is 0 Å². The average molecular weight is 566 g/mol. The molecule has 1 unspecified atom stereocenters. The molecule has 2 aromatic carbocycles. The van der Waals surface area contributed by atoms with Crippen LogP contribution in [0.2, 0.25) is 0 Å². The molecule has 2 aromatic rings. The van der Waals surface area contributed by atoms with Gasteiger partial charge in [0.25, 0.3) is 0 Å². The molecular weight excluding hydrogens is 526 g/mol. The zero-order chi connectivity index (χ0) is 29.4. The van der Waals surface area contributed by atoms with Gasteiger partial charge in [0.15, 0.2) is 0 Å². The van der Waals surface area contributed by atoms with E-state index >= 15 is 0 Å². The van der Waals surface area contributed by atoms with Crippen molar-refractivity contribution >= 4 is 35.3 Å². The van der Waals surface area contributed by atoms with Crippen LogP contribution >= 0.6 is 0 Å². The zero-order valence-electron chi connectivity index (χ0n) is 23.9. The van der Waals surface area contributed by atoms with Crippen molar-refractivity contribution in [1.29, 1.82) is 0 Å². The molecule has 2 aliphatic heterocycles. The normalized spacial score (nSPS) is 14.9. The van der Waals surface area contributed by atoms with Gasteiger partial charge >= 0.3 is 12.1 Å². The number of guanidine groups is 1. The summed E-state index contributed by atoms with van der Waals surface area (Å²) in [6.45, 7) is 7.41. The van der Waals surface area contributed by atoms with Gasteiger partial charge in [-0.15, -0.1) is 0 Å². The molecule has 0 spiro atoms. The molecule has 0 fully saturated rings. The molecular formula is C30H39N5O6. The number of rotatable bonds is 11. The van der Waals surface area contributed by atoms with Crippen molar-refractivity contribution < 1.29 is 28.6 Å². The fourth-order valence-electron chi connectivity index (χ4n) is 4.92. The van der Waals surface area contributed by atoms with E-state index in [1.54, 1.807) is 17.9 Å². The van der Waals surface area contributed by atoms with Gasteiger partial charge < -0.3 is 29.7 Å². The molecule has 0 aromatic heterocycles. The Hall–Kier alpha value is -4.28. The number of carbonyl (C=O) groups is 3. The van der Waals surface area contributed by atoms with E-state index in [0.29, 0.717) is 31.0 Å². The molecule has 0 radical (unpaired) electrons. The highest BCUT2D eigenvalue weighted by Gasteiger charge is 2.28. The monoisotopic (exact) mass is 565 g/mol. The number of benzene rings is 2. The maximum atomic E-state index is 12.4. The lowest BCUT2D eigenvalue weighted by Crippen LogP contribution is -2.48. The molecule has 11 nitrogen and oxygen atoms in total. The highest BCUT2D eigenvalue weighted by atomic mass is 16.5. The number of esters is 1. The standard InChI is InChI=1S/C30H39N5O6/c1-4-39-30(38)33-29-32-24-16-23(12-11-22(24)17-34(29)18-27(36)41-19-20(2)3)40-15-13-26(28(31)37)35-14-7-9-21-8-5-6-10-25(21)35/h5-6,8,10-12,16,20,26H,4,7,9,13-15,17-19H2,1-3H3,(H2,31,37)(H,32,33,38). The van der Waals surface area contributed by atoms with E-state index in [2.05, 4.69) is 21.3 Å². The lowest BCUT2D eigenvalue weighted by atomic mass is 9.99. The average Bonchev–Trinajstić information content (AvgIpc) is 2.94. The number of nitrogens with one attached hydrogen (secondary N) is 1. The summed E-state index contributed by atoms with van der Waals surface area (Å²) in [6.07, 6.45) is 1.69. The Morgan fingerprint density at radius 1 is 1.10 bits per heavy atom. The van der Waals surface area contributed by atoms with Crippen molar-refractivity contribution in [3.8, 4) is 5.75 Å². The van der Waals surface area contributed by atoms with Crippen molar-refractivity contribution in [1.82, 2.24) is 10.2 Å². The van der Waals surface area contributed by atoms with Crippen molar-refractivity contribution in [3.05, 3.63) is 53.6 Å². The quantitative estimate of drug-likeness (QED) is 0.395. The van der Waals surface area contributed by atoms with Crippen LogP contribution in [0.5, 0.6) is 5.75 Å². The van der Waals surface area contributed by atoms with Crippen LogP contribution in [0.3, 0.4) is 0 Å². The number of aryl methyl sites for hydroxylation is 1. The van der Waals surface area contributed by atoms with Gasteiger partial charge in [0.1, 0.15) is 18.3 Å². The first-order chi connectivity index (χ1) is 19.7. The molecule has 2 amide bonds. The number of alkyl carbamates (subject to hydrolysis) is 1. The topological polar surface area (TPSA) is 136 Å². The third-order valence-electron chi connectivity index (χ3n) is 6.84. The Morgan fingerprint density at radius 2 is 1.90 bits per heavy atom. The summed E-state index contributed by atoms with van der Waals surface area (Å²) >= 11 is 0. The second-order valence-corrected chi connectivity index (χ2v) is 10.5. The highest BCUT2D eigenvalue weighted by molar-refractivity contribution is 5.97. The smallest absolute Gasteiger partial charge is 0.413 e. The Labute approximate surface area is 240 Å². The van der Waals surface area contributed by atoms with Crippen molar-refractivity contribution in [2.75, 3.05) is 37.8 Å². The Morgan fingerprint density at radius 3 is 2.66 bits per heavy atom. The number of carbonyl (C=O) groups excluding carboxylic acids is 3. The molecule has 11 heteroatoms. The van der Waals surface area contributed by atoms with Crippen molar-refractivity contribution in [3.63, 3.8) is 0 Å². The first-order valence-electron chi connectivity index (χ1n) is 14.1. The van der Waals surface area contributed by atoms with Crippen molar-refractivity contribution in [2.24, 2.45) is 16.6 Å². The summed E-state index contributed by atoms with van der Waals surface area (Å²) < 4.78 is 16.4. The zero-order valence-corrected chi connectivity index (χ0v) is 23.9. The van der Waals surface area contributed by atoms with Crippen LogP contribution < -0.4 is 20.7 Å². The summed E-state index contributed by atoms with van der Waals surface area (Å²) in [7, 11) is 0. The van der Waals surface area contributed by atoms with Gasteiger partial charge in [-0.1, -0.05) is 38.1 Å². The first-order valence-corrected chi connectivity index (χ1v) is 14.1. The number of aliphatic imine (C=N–C) groups is 1. The van der Waals surface area contributed by atoms with Crippen LogP contribution in [-0.2, 0) is 32.0 Å². The van der Waals surface area contributed by atoms with E-state index in [0.717, 1.165) is 30.6 Å². The SMILES string of the molecule is CCOC(=O)NC1=Nc2cc(OCCC(C(N)=O)N3CCCc4ccccc43)ccc2CN1CC(=O)OCC(C)C. The molecule has 1 atom stereocenters. The number of para-hydroxylation sites is 1. The summed E-state index contributed by atoms with van der Waals surface area (Å²) in [5.41, 5.74) is 9.52. The maximum absolute atomic E-state index is 12.4. The molecule has 4 rings (SSSR count). The fraction of sp³-hybridized carbons (Fsp3) is 0.467. The molecule has 3 N–H and O–H groups in total. The van der Waals surface area contributed by atoms with E-state index in [4.69, 9.17) is 19.9 Å².